The van der Waals surface area contributed by atoms with Gasteiger partial charge in [-0.25, -0.2) is 14.4 Å². The summed E-state index contributed by atoms with van der Waals surface area (Å²) in [5.41, 5.74) is 2.61. The summed E-state index contributed by atoms with van der Waals surface area (Å²) in [4.78, 5) is 8.92. The largest absolute Gasteiger partial charge is 0.494 e. The molecule has 0 saturated heterocycles. The van der Waals surface area contributed by atoms with Gasteiger partial charge < -0.3 is 10.1 Å². The normalized spacial score (nSPS) is 10.4. The highest BCUT2D eigenvalue weighted by atomic mass is 19.1. The highest BCUT2D eigenvalue weighted by Gasteiger charge is 2.12. The van der Waals surface area contributed by atoms with Gasteiger partial charge in [-0.3, -0.25) is 0 Å². The van der Waals surface area contributed by atoms with Crippen LogP contribution in [0.4, 0.5) is 10.2 Å². The molecular formula is C15H18FN3O. The molecule has 1 aromatic heterocycles. The van der Waals surface area contributed by atoms with Gasteiger partial charge in [0.05, 0.1) is 7.11 Å². The van der Waals surface area contributed by atoms with E-state index in [9.17, 15) is 4.39 Å². The van der Waals surface area contributed by atoms with Gasteiger partial charge in [-0.05, 0) is 31.5 Å². The standard InChI is InChI=1S/C15H18FN3O/c1-5-11-9(2)18-14(19-15(11)17-3)10-6-7-13(20-4)12(16)8-10/h6-8H,5H2,1-4H3,(H,17,18,19). The van der Waals surface area contributed by atoms with E-state index in [1.165, 1.54) is 13.2 Å². The van der Waals surface area contributed by atoms with E-state index in [2.05, 4.69) is 22.2 Å². The maximum Gasteiger partial charge on any atom is 0.165 e. The molecule has 0 spiro atoms. The van der Waals surface area contributed by atoms with E-state index >= 15 is 0 Å². The van der Waals surface area contributed by atoms with Crippen molar-refractivity contribution in [2.24, 2.45) is 0 Å². The molecule has 0 bridgehead atoms. The second-order valence-electron chi connectivity index (χ2n) is 4.41. The van der Waals surface area contributed by atoms with Gasteiger partial charge in [0.1, 0.15) is 5.82 Å². The summed E-state index contributed by atoms with van der Waals surface area (Å²) in [7, 11) is 3.26. The highest BCUT2D eigenvalue weighted by Crippen LogP contribution is 2.26. The minimum atomic E-state index is -0.420. The second kappa shape index (κ2) is 5.86. The first kappa shape index (κ1) is 14.2. The lowest BCUT2D eigenvalue weighted by Gasteiger charge is -2.12. The van der Waals surface area contributed by atoms with Crippen molar-refractivity contribution in [3.8, 4) is 17.1 Å². The first-order chi connectivity index (χ1) is 9.60. The number of anilines is 1. The van der Waals surface area contributed by atoms with E-state index < -0.39 is 5.82 Å². The average Bonchev–Trinajstić information content (AvgIpc) is 2.46. The Morgan fingerprint density at radius 1 is 1.30 bits per heavy atom. The van der Waals surface area contributed by atoms with Gasteiger partial charge in [0.2, 0.25) is 0 Å². The Balaban J connectivity index is 2.53. The average molecular weight is 275 g/mol. The van der Waals surface area contributed by atoms with Crippen LogP contribution in [0.5, 0.6) is 5.75 Å². The number of hydrogen-bond acceptors (Lipinski definition) is 4. The predicted octanol–water partition coefficient (Wildman–Crippen LogP) is 3.20. The molecule has 0 aliphatic carbocycles. The molecule has 2 aromatic rings. The van der Waals surface area contributed by atoms with Gasteiger partial charge in [0.25, 0.3) is 0 Å². The molecule has 4 nitrogen and oxygen atoms in total. The van der Waals surface area contributed by atoms with Crippen molar-refractivity contribution >= 4 is 5.82 Å². The number of aromatic nitrogens is 2. The lowest BCUT2D eigenvalue weighted by atomic mass is 10.1. The summed E-state index contributed by atoms with van der Waals surface area (Å²) in [5, 5.41) is 3.07. The van der Waals surface area contributed by atoms with Crippen LogP contribution in [0.1, 0.15) is 18.2 Å². The molecular weight excluding hydrogens is 257 g/mol. The molecule has 0 saturated carbocycles. The molecule has 0 amide bonds. The van der Waals surface area contributed by atoms with Crippen LogP contribution in [-0.2, 0) is 6.42 Å². The molecule has 1 aromatic carbocycles. The summed E-state index contributed by atoms with van der Waals surface area (Å²) >= 11 is 0. The summed E-state index contributed by atoms with van der Waals surface area (Å²) in [6.45, 7) is 3.99. The third kappa shape index (κ3) is 2.57. The molecule has 2 rings (SSSR count). The number of nitrogens with one attached hydrogen (secondary N) is 1. The monoisotopic (exact) mass is 275 g/mol. The highest BCUT2D eigenvalue weighted by molar-refractivity contribution is 5.61. The fraction of sp³-hybridized carbons (Fsp3) is 0.333. The van der Waals surface area contributed by atoms with Crippen LogP contribution in [0.25, 0.3) is 11.4 Å². The maximum atomic E-state index is 13.8. The Labute approximate surface area is 118 Å². The van der Waals surface area contributed by atoms with Crippen LogP contribution >= 0.6 is 0 Å². The van der Waals surface area contributed by atoms with Crippen molar-refractivity contribution in [1.29, 1.82) is 0 Å². The Morgan fingerprint density at radius 2 is 2.05 bits per heavy atom. The molecule has 0 aliphatic heterocycles. The lowest BCUT2D eigenvalue weighted by molar-refractivity contribution is 0.386. The number of ether oxygens (including phenoxy) is 1. The quantitative estimate of drug-likeness (QED) is 0.930. The van der Waals surface area contributed by atoms with Crippen LogP contribution in [0, 0.1) is 12.7 Å². The van der Waals surface area contributed by atoms with E-state index in [1.807, 2.05) is 14.0 Å². The number of rotatable bonds is 4. The first-order valence-electron chi connectivity index (χ1n) is 6.49. The van der Waals surface area contributed by atoms with Crippen molar-refractivity contribution in [2.75, 3.05) is 19.5 Å². The molecule has 0 atom stereocenters. The van der Waals surface area contributed by atoms with E-state index in [0.717, 1.165) is 23.5 Å². The van der Waals surface area contributed by atoms with Gasteiger partial charge in [0, 0.05) is 23.9 Å². The predicted molar refractivity (Wildman–Crippen MR) is 77.6 cm³/mol. The van der Waals surface area contributed by atoms with Crippen LogP contribution in [0.3, 0.4) is 0 Å². The number of aryl methyl sites for hydroxylation is 1. The second-order valence-corrected chi connectivity index (χ2v) is 4.41. The molecule has 0 radical (unpaired) electrons. The topological polar surface area (TPSA) is 47.0 Å². The molecule has 1 heterocycles. The van der Waals surface area contributed by atoms with Gasteiger partial charge in [0.15, 0.2) is 17.4 Å². The van der Waals surface area contributed by atoms with Crippen LogP contribution < -0.4 is 10.1 Å². The Bertz CT molecular complexity index is 629. The molecule has 20 heavy (non-hydrogen) atoms. The summed E-state index contributed by atoms with van der Waals surface area (Å²) in [5.74, 6) is 1.08. The van der Waals surface area contributed by atoms with Gasteiger partial charge in [-0.1, -0.05) is 6.92 Å². The Kier molecular flexibility index (Phi) is 4.17. The molecule has 0 fully saturated rings. The molecule has 1 N–H and O–H groups in total. The summed E-state index contributed by atoms with van der Waals surface area (Å²) in [6.07, 6.45) is 0.846. The maximum absolute atomic E-state index is 13.8. The Morgan fingerprint density at radius 3 is 2.60 bits per heavy atom. The van der Waals surface area contributed by atoms with E-state index in [4.69, 9.17) is 4.74 Å². The van der Waals surface area contributed by atoms with Crippen LogP contribution in [-0.4, -0.2) is 24.1 Å². The number of methoxy groups -OCH3 is 1. The fourth-order valence-electron chi connectivity index (χ4n) is 2.16. The third-order valence-corrected chi connectivity index (χ3v) is 3.21. The van der Waals surface area contributed by atoms with Crippen LogP contribution in [0.15, 0.2) is 18.2 Å². The van der Waals surface area contributed by atoms with Gasteiger partial charge in [-0.2, -0.15) is 0 Å². The van der Waals surface area contributed by atoms with Crippen molar-refractivity contribution in [1.82, 2.24) is 9.97 Å². The third-order valence-electron chi connectivity index (χ3n) is 3.21. The van der Waals surface area contributed by atoms with Crippen molar-refractivity contribution in [3.05, 3.63) is 35.3 Å². The smallest absolute Gasteiger partial charge is 0.165 e. The van der Waals surface area contributed by atoms with Crippen molar-refractivity contribution in [3.63, 3.8) is 0 Å². The SMILES string of the molecule is CCc1c(C)nc(-c2ccc(OC)c(F)c2)nc1NC. The Hall–Kier alpha value is -2.17. The van der Waals surface area contributed by atoms with E-state index in [-0.39, 0.29) is 5.75 Å². The molecule has 0 unspecified atom stereocenters. The van der Waals surface area contributed by atoms with Crippen molar-refractivity contribution < 1.29 is 9.13 Å². The van der Waals surface area contributed by atoms with Crippen LogP contribution in [0.2, 0.25) is 0 Å². The fourth-order valence-corrected chi connectivity index (χ4v) is 2.16. The van der Waals surface area contributed by atoms with Gasteiger partial charge in [-0.15, -0.1) is 0 Å². The first-order valence-corrected chi connectivity index (χ1v) is 6.49. The summed E-state index contributed by atoms with van der Waals surface area (Å²) in [6, 6.07) is 4.72. The zero-order chi connectivity index (χ0) is 14.7. The zero-order valence-corrected chi connectivity index (χ0v) is 12.1. The van der Waals surface area contributed by atoms with Crippen molar-refractivity contribution in [2.45, 2.75) is 20.3 Å². The van der Waals surface area contributed by atoms with E-state index in [0.29, 0.717) is 11.4 Å². The number of nitrogens with zero attached hydrogens (tertiary/aromatic N) is 2. The number of benzene rings is 1. The summed E-state index contributed by atoms with van der Waals surface area (Å²) < 4.78 is 18.7. The van der Waals surface area contributed by atoms with Gasteiger partial charge >= 0.3 is 0 Å². The molecule has 106 valence electrons. The minimum Gasteiger partial charge on any atom is -0.494 e. The van der Waals surface area contributed by atoms with E-state index in [1.54, 1.807) is 12.1 Å². The molecule has 5 heteroatoms. The number of halogens is 1. The zero-order valence-electron chi connectivity index (χ0n) is 12.1. The number of hydrogen-bond donors (Lipinski definition) is 1. The molecule has 0 aliphatic rings. The minimum absolute atomic E-state index is 0.212. The lowest BCUT2D eigenvalue weighted by Crippen LogP contribution is -2.05.